The van der Waals surface area contributed by atoms with Crippen LogP contribution in [0.4, 0.5) is 11.4 Å². The molecule has 4 N–H and O–H groups in total. The Morgan fingerprint density at radius 3 is 2.95 bits per heavy atom. The minimum atomic E-state index is -0.953. The number of aromatic carboxylic acids is 1. The van der Waals surface area contributed by atoms with E-state index in [1.54, 1.807) is 24.7 Å². The molecule has 1 aromatic carbocycles. The van der Waals surface area contributed by atoms with Crippen molar-refractivity contribution in [2.45, 2.75) is 19.4 Å². The van der Waals surface area contributed by atoms with E-state index in [1.165, 1.54) is 6.07 Å². The number of nitrogens with two attached hydrogens (primary N) is 1. The van der Waals surface area contributed by atoms with Gasteiger partial charge in [0.1, 0.15) is 0 Å². The number of nitrogen functional groups attached to an aromatic ring is 1. The number of carbonyl (C=O) groups is 1. The van der Waals surface area contributed by atoms with Crippen LogP contribution in [0.5, 0.6) is 0 Å². The fourth-order valence-corrected chi connectivity index (χ4v) is 1.96. The molecular weight excluding hydrogens is 256 g/mol. The van der Waals surface area contributed by atoms with Crippen molar-refractivity contribution in [2.75, 3.05) is 17.6 Å². The van der Waals surface area contributed by atoms with Gasteiger partial charge < -0.3 is 20.7 Å². The van der Waals surface area contributed by atoms with Gasteiger partial charge in [0.05, 0.1) is 17.6 Å². The summed E-state index contributed by atoms with van der Waals surface area (Å²) in [6, 6.07) is 4.76. The number of nitrogens with zero attached hydrogens (tertiary/aromatic N) is 2. The Morgan fingerprint density at radius 2 is 2.25 bits per heavy atom. The largest absolute Gasteiger partial charge is 0.478 e. The lowest BCUT2D eigenvalue weighted by atomic mass is 10.1. The average molecular weight is 274 g/mol. The molecule has 0 saturated carbocycles. The van der Waals surface area contributed by atoms with Crippen molar-refractivity contribution in [1.29, 1.82) is 0 Å². The third kappa shape index (κ3) is 3.74. The molecule has 2 rings (SSSR count). The van der Waals surface area contributed by atoms with E-state index in [2.05, 4.69) is 10.3 Å². The molecule has 0 spiro atoms. The number of aromatic nitrogens is 2. The Bertz CT molecular complexity index is 567. The van der Waals surface area contributed by atoms with E-state index in [-0.39, 0.29) is 5.56 Å². The van der Waals surface area contributed by atoms with Gasteiger partial charge in [0, 0.05) is 31.2 Å². The number of imidazole rings is 1. The number of hydrogen-bond donors (Lipinski definition) is 3. The van der Waals surface area contributed by atoms with Crippen LogP contribution >= 0.6 is 0 Å². The van der Waals surface area contributed by atoms with Gasteiger partial charge in [-0.05, 0) is 31.0 Å². The zero-order chi connectivity index (χ0) is 14.4. The maximum Gasteiger partial charge on any atom is 0.337 e. The predicted molar refractivity (Wildman–Crippen MR) is 77.8 cm³/mol. The van der Waals surface area contributed by atoms with E-state index < -0.39 is 5.97 Å². The van der Waals surface area contributed by atoms with Gasteiger partial charge in [-0.3, -0.25) is 0 Å². The van der Waals surface area contributed by atoms with Crippen LogP contribution in [0.2, 0.25) is 0 Å². The second-order valence-corrected chi connectivity index (χ2v) is 4.54. The first kappa shape index (κ1) is 13.9. The van der Waals surface area contributed by atoms with Gasteiger partial charge in [-0.2, -0.15) is 0 Å². The quantitative estimate of drug-likeness (QED) is 0.531. The van der Waals surface area contributed by atoms with Crippen molar-refractivity contribution in [2.24, 2.45) is 0 Å². The number of rotatable bonds is 7. The van der Waals surface area contributed by atoms with Crippen molar-refractivity contribution in [3.05, 3.63) is 42.5 Å². The van der Waals surface area contributed by atoms with Crippen LogP contribution in [-0.2, 0) is 6.54 Å². The van der Waals surface area contributed by atoms with Gasteiger partial charge in [0.2, 0.25) is 0 Å². The standard InChI is InChI=1S/C14H18N4O2/c15-11-3-4-12(14(19)20)13(9-11)17-5-1-2-7-18-8-6-16-10-18/h3-4,6,8-10,17H,1-2,5,7,15H2,(H,19,20). The first-order chi connectivity index (χ1) is 9.66. The van der Waals surface area contributed by atoms with Crippen LogP contribution < -0.4 is 11.1 Å². The lowest BCUT2D eigenvalue weighted by Gasteiger charge is -2.10. The molecule has 0 unspecified atom stereocenters. The normalized spacial score (nSPS) is 10.4. The fraction of sp³-hybridized carbons (Fsp3) is 0.286. The minimum Gasteiger partial charge on any atom is -0.478 e. The van der Waals surface area contributed by atoms with Gasteiger partial charge >= 0.3 is 5.97 Å². The summed E-state index contributed by atoms with van der Waals surface area (Å²) in [4.78, 5) is 15.1. The van der Waals surface area contributed by atoms with Crippen LogP contribution in [0, 0.1) is 0 Å². The van der Waals surface area contributed by atoms with E-state index in [4.69, 9.17) is 10.8 Å². The van der Waals surface area contributed by atoms with Crippen molar-refractivity contribution >= 4 is 17.3 Å². The molecule has 6 heteroatoms. The Hall–Kier alpha value is -2.50. The third-order valence-electron chi connectivity index (χ3n) is 2.99. The monoisotopic (exact) mass is 274 g/mol. The molecule has 0 aliphatic carbocycles. The summed E-state index contributed by atoms with van der Waals surface area (Å²) < 4.78 is 2.02. The number of aryl methyl sites for hydroxylation is 1. The van der Waals surface area contributed by atoms with Crippen molar-refractivity contribution in [3.63, 3.8) is 0 Å². The summed E-state index contributed by atoms with van der Waals surface area (Å²) >= 11 is 0. The molecule has 0 bridgehead atoms. The van der Waals surface area contributed by atoms with Crippen molar-refractivity contribution < 1.29 is 9.90 Å². The zero-order valence-corrected chi connectivity index (χ0v) is 11.1. The van der Waals surface area contributed by atoms with Gasteiger partial charge in [0.25, 0.3) is 0 Å². The molecule has 0 aliphatic heterocycles. The number of unbranched alkanes of at least 4 members (excludes halogenated alkanes) is 1. The molecule has 0 saturated heterocycles. The Kier molecular flexibility index (Phi) is 4.60. The summed E-state index contributed by atoms with van der Waals surface area (Å²) in [5.41, 5.74) is 7.04. The molecule has 2 aromatic rings. The van der Waals surface area contributed by atoms with Gasteiger partial charge in [-0.15, -0.1) is 0 Å². The summed E-state index contributed by atoms with van der Waals surface area (Å²) in [6.07, 6.45) is 7.39. The second kappa shape index (κ2) is 6.60. The number of nitrogens with one attached hydrogen (secondary N) is 1. The molecule has 20 heavy (non-hydrogen) atoms. The second-order valence-electron chi connectivity index (χ2n) is 4.54. The number of carboxylic acid groups (broad SMARTS) is 1. The molecule has 0 amide bonds. The summed E-state index contributed by atoms with van der Waals surface area (Å²) in [7, 11) is 0. The minimum absolute atomic E-state index is 0.244. The van der Waals surface area contributed by atoms with E-state index in [0.717, 1.165) is 19.4 Å². The number of benzene rings is 1. The molecule has 0 radical (unpaired) electrons. The number of carboxylic acids is 1. The van der Waals surface area contributed by atoms with Crippen LogP contribution in [0.3, 0.4) is 0 Å². The SMILES string of the molecule is Nc1ccc(C(=O)O)c(NCCCCn2ccnc2)c1. The number of anilines is 2. The Labute approximate surface area is 117 Å². The topological polar surface area (TPSA) is 93.2 Å². The van der Waals surface area contributed by atoms with Crippen molar-refractivity contribution in [1.82, 2.24) is 9.55 Å². The first-order valence-corrected chi connectivity index (χ1v) is 6.49. The molecule has 0 fully saturated rings. The number of hydrogen-bond acceptors (Lipinski definition) is 4. The third-order valence-corrected chi connectivity index (χ3v) is 2.99. The Morgan fingerprint density at radius 1 is 1.40 bits per heavy atom. The molecular formula is C14H18N4O2. The highest BCUT2D eigenvalue weighted by molar-refractivity contribution is 5.95. The average Bonchev–Trinajstić information content (AvgIpc) is 2.91. The highest BCUT2D eigenvalue weighted by atomic mass is 16.4. The molecule has 6 nitrogen and oxygen atoms in total. The lowest BCUT2D eigenvalue weighted by molar-refractivity contribution is 0.0698. The smallest absolute Gasteiger partial charge is 0.337 e. The highest BCUT2D eigenvalue weighted by Gasteiger charge is 2.09. The van der Waals surface area contributed by atoms with E-state index >= 15 is 0 Å². The maximum atomic E-state index is 11.1. The zero-order valence-electron chi connectivity index (χ0n) is 11.1. The van der Waals surface area contributed by atoms with Gasteiger partial charge in [-0.25, -0.2) is 9.78 Å². The predicted octanol–water partition coefficient (Wildman–Crippen LogP) is 2.06. The van der Waals surface area contributed by atoms with Crippen LogP contribution in [-0.4, -0.2) is 27.2 Å². The molecule has 0 atom stereocenters. The van der Waals surface area contributed by atoms with Crippen LogP contribution in [0.25, 0.3) is 0 Å². The summed E-state index contributed by atoms with van der Waals surface area (Å²) in [5.74, 6) is -0.953. The van der Waals surface area contributed by atoms with Gasteiger partial charge in [0.15, 0.2) is 0 Å². The molecule has 1 aromatic heterocycles. The molecule has 0 aliphatic rings. The highest BCUT2D eigenvalue weighted by Crippen LogP contribution is 2.19. The summed E-state index contributed by atoms with van der Waals surface area (Å²) in [6.45, 7) is 1.61. The van der Waals surface area contributed by atoms with E-state index in [1.807, 2.05) is 10.8 Å². The fourth-order valence-electron chi connectivity index (χ4n) is 1.96. The Balaban J connectivity index is 1.81. The van der Waals surface area contributed by atoms with Crippen LogP contribution in [0.1, 0.15) is 23.2 Å². The molecule has 1 heterocycles. The van der Waals surface area contributed by atoms with Gasteiger partial charge in [-0.1, -0.05) is 0 Å². The van der Waals surface area contributed by atoms with Crippen LogP contribution in [0.15, 0.2) is 36.9 Å². The summed E-state index contributed by atoms with van der Waals surface area (Å²) in [5, 5.41) is 12.2. The van der Waals surface area contributed by atoms with Crippen molar-refractivity contribution in [3.8, 4) is 0 Å². The first-order valence-electron chi connectivity index (χ1n) is 6.49. The maximum absolute atomic E-state index is 11.1. The molecule has 106 valence electrons. The van der Waals surface area contributed by atoms with E-state index in [9.17, 15) is 4.79 Å². The lowest BCUT2D eigenvalue weighted by Crippen LogP contribution is -2.09. The van der Waals surface area contributed by atoms with E-state index in [0.29, 0.717) is 17.9 Å².